The topological polar surface area (TPSA) is 0 Å². The number of hydrogen-bond acceptors (Lipinski definition) is 0. The third kappa shape index (κ3) is 68.9. The number of halogens is 2. The molecule has 0 radical (unpaired) electrons. The van der Waals surface area contributed by atoms with Gasteiger partial charge in [-0.1, -0.05) is 0 Å². The molecule has 0 N–H and O–H groups in total. The van der Waals surface area contributed by atoms with E-state index >= 15 is 0 Å². The van der Waals surface area contributed by atoms with Crippen LogP contribution in [0.5, 0.6) is 0 Å². The van der Waals surface area contributed by atoms with Gasteiger partial charge in [-0.25, -0.2) is 0 Å². The summed E-state index contributed by atoms with van der Waals surface area (Å²) in [5.41, 5.74) is 0. The summed E-state index contributed by atoms with van der Waals surface area (Å²) in [5, 5.41) is 0. The normalized spacial score (nSPS) is 5.14. The van der Waals surface area contributed by atoms with Gasteiger partial charge >= 0.3 is 19.5 Å². The molecule has 0 aliphatic carbocycles. The second kappa shape index (κ2) is 24.3. The van der Waals surface area contributed by atoms with E-state index in [4.69, 9.17) is 0 Å². The standard InChI is InChI=1S/2C2H4I.Zn/c2*1-2-3;/h2*2H,1H3;/q2*-1;+2. The Kier molecular flexibility index (Phi) is 55.7. The van der Waals surface area contributed by atoms with E-state index in [0.717, 1.165) is 0 Å². The minimum absolute atomic E-state index is 0. The minimum Gasteiger partial charge on any atom is -0.316 e. The minimum atomic E-state index is 0. The molecule has 0 saturated heterocycles. The second-order valence-corrected chi connectivity index (χ2v) is 2.93. The van der Waals surface area contributed by atoms with Crippen molar-refractivity contribution in [2.24, 2.45) is 0 Å². The molecule has 0 heterocycles. The largest absolute Gasteiger partial charge is 2.00 e. The average molecular weight is 375 g/mol. The predicted octanol–water partition coefficient (Wildman–Crippen LogP) is 3.20. The summed E-state index contributed by atoms with van der Waals surface area (Å²) < 4.78 is 3.94. The van der Waals surface area contributed by atoms with Gasteiger partial charge in [-0.05, 0) is 0 Å². The molecule has 7 heavy (non-hydrogen) atoms. The molecule has 40 valence electrons. The monoisotopic (exact) mass is 374 g/mol. The van der Waals surface area contributed by atoms with Gasteiger partial charge < -0.3 is 45.2 Å². The zero-order valence-corrected chi connectivity index (χ0v) is 11.9. The average Bonchev–Trinajstić information content (AvgIpc) is 1.39. The van der Waals surface area contributed by atoms with Crippen molar-refractivity contribution >= 4 is 45.2 Å². The Balaban J connectivity index is -0.0000000400. The van der Waals surface area contributed by atoms with Gasteiger partial charge in [0.05, 0.1) is 0 Å². The molecule has 0 spiro atoms. The maximum absolute atomic E-state index is 2.16. The van der Waals surface area contributed by atoms with E-state index in [0.29, 0.717) is 0 Å². The van der Waals surface area contributed by atoms with Crippen LogP contribution < -0.4 is 0 Å². The molecule has 0 amide bonds. The molecule has 0 saturated carbocycles. The van der Waals surface area contributed by atoms with Gasteiger partial charge in [0.15, 0.2) is 0 Å². The van der Waals surface area contributed by atoms with Gasteiger partial charge in [0.25, 0.3) is 0 Å². The Hall–Kier alpha value is 2.08. The van der Waals surface area contributed by atoms with E-state index in [1.165, 1.54) is 0 Å². The molecule has 0 aromatic heterocycles. The summed E-state index contributed by atoms with van der Waals surface area (Å²) in [5.74, 6) is 0. The zero-order valence-electron chi connectivity index (χ0n) is 4.62. The quantitative estimate of drug-likeness (QED) is 0.347. The first kappa shape index (κ1) is 16.0. The fourth-order valence-electron chi connectivity index (χ4n) is 0. The van der Waals surface area contributed by atoms with E-state index < -0.39 is 0 Å². The van der Waals surface area contributed by atoms with Crippen molar-refractivity contribution in [1.29, 1.82) is 0 Å². The van der Waals surface area contributed by atoms with Crippen LogP contribution in [0.1, 0.15) is 13.8 Å². The van der Waals surface area contributed by atoms with Crippen molar-refractivity contribution in [3.63, 3.8) is 0 Å². The molecule has 0 aliphatic heterocycles. The fourth-order valence-corrected chi connectivity index (χ4v) is 0. The fraction of sp³-hybridized carbons (Fsp3) is 0.500. The first-order valence-corrected chi connectivity index (χ1v) is 4.08. The summed E-state index contributed by atoms with van der Waals surface area (Å²) in [7, 11) is 0. The summed E-state index contributed by atoms with van der Waals surface area (Å²) in [6.45, 7) is 3.97. The molecule has 0 aromatic carbocycles. The van der Waals surface area contributed by atoms with E-state index in [1.807, 2.05) is 22.7 Å². The van der Waals surface area contributed by atoms with Gasteiger partial charge in [0.1, 0.15) is 0 Å². The summed E-state index contributed by atoms with van der Waals surface area (Å²) in [6.07, 6.45) is 0. The second-order valence-electron chi connectivity index (χ2n) is 0.436. The van der Waals surface area contributed by atoms with Crippen LogP contribution in [0.25, 0.3) is 0 Å². The molecule has 0 aromatic rings. The van der Waals surface area contributed by atoms with Crippen molar-refractivity contribution in [2.75, 3.05) is 0 Å². The van der Waals surface area contributed by atoms with Crippen molar-refractivity contribution in [1.82, 2.24) is 0 Å². The van der Waals surface area contributed by atoms with Crippen molar-refractivity contribution in [2.45, 2.75) is 13.8 Å². The van der Waals surface area contributed by atoms with Crippen LogP contribution in [0.2, 0.25) is 0 Å². The molecule has 0 unspecified atom stereocenters. The summed E-state index contributed by atoms with van der Waals surface area (Å²) in [6, 6.07) is 0. The Morgan fingerprint density at radius 2 is 1.00 bits per heavy atom. The Bertz CT molecular complexity index is 11.7. The van der Waals surface area contributed by atoms with E-state index in [1.54, 1.807) is 0 Å². The molecule has 0 aliphatic rings. The number of hydrogen-bond donors (Lipinski definition) is 0. The summed E-state index contributed by atoms with van der Waals surface area (Å²) >= 11 is 4.33. The molecule has 0 atom stereocenters. The Labute approximate surface area is 86.2 Å². The van der Waals surface area contributed by atoms with E-state index in [9.17, 15) is 0 Å². The number of rotatable bonds is 0. The first-order chi connectivity index (χ1) is 2.83. The van der Waals surface area contributed by atoms with Crippen LogP contribution in [0.4, 0.5) is 0 Å². The predicted molar refractivity (Wildman–Crippen MR) is 48.0 cm³/mol. The van der Waals surface area contributed by atoms with Crippen LogP contribution in [-0.2, 0) is 19.5 Å². The molecular weight excluding hydrogens is 367 g/mol. The maximum atomic E-state index is 2.16. The van der Waals surface area contributed by atoms with Crippen molar-refractivity contribution in [3.05, 3.63) is 8.86 Å². The first-order valence-electron chi connectivity index (χ1n) is 1.59. The molecule has 0 rings (SSSR count). The smallest absolute Gasteiger partial charge is 0.316 e. The third-order valence-electron chi connectivity index (χ3n) is 0. The Morgan fingerprint density at radius 1 is 1.00 bits per heavy atom. The van der Waals surface area contributed by atoms with E-state index in [-0.39, 0.29) is 19.5 Å². The van der Waals surface area contributed by atoms with Gasteiger partial charge in [-0.3, -0.25) is 8.86 Å². The van der Waals surface area contributed by atoms with Gasteiger partial charge in [0.2, 0.25) is 0 Å². The molecule has 0 fully saturated rings. The van der Waals surface area contributed by atoms with Crippen LogP contribution in [0.3, 0.4) is 0 Å². The molecule has 0 nitrogen and oxygen atoms in total. The van der Waals surface area contributed by atoms with Gasteiger partial charge in [-0.15, -0.1) is 0 Å². The van der Waals surface area contributed by atoms with Crippen LogP contribution in [-0.4, -0.2) is 0 Å². The van der Waals surface area contributed by atoms with Gasteiger partial charge in [-0.2, -0.15) is 13.8 Å². The molecular formula is C4H8I2Zn. The maximum Gasteiger partial charge on any atom is 2.00 e. The summed E-state index contributed by atoms with van der Waals surface area (Å²) in [4.78, 5) is 0. The third-order valence-corrected chi connectivity index (χ3v) is 0. The van der Waals surface area contributed by atoms with Crippen LogP contribution in [0.15, 0.2) is 0 Å². The molecule has 3 heteroatoms. The van der Waals surface area contributed by atoms with Crippen LogP contribution >= 0.6 is 45.2 Å². The van der Waals surface area contributed by atoms with Crippen molar-refractivity contribution in [3.8, 4) is 0 Å². The van der Waals surface area contributed by atoms with Crippen LogP contribution in [0, 0.1) is 8.86 Å². The van der Waals surface area contributed by atoms with E-state index in [2.05, 4.69) is 45.2 Å². The van der Waals surface area contributed by atoms with Gasteiger partial charge in [0, 0.05) is 0 Å². The molecule has 0 bridgehead atoms. The van der Waals surface area contributed by atoms with Crippen molar-refractivity contribution < 1.29 is 19.5 Å². The SMILES string of the molecule is C[CH-]I.C[CH-]I.[Zn+2]. The Morgan fingerprint density at radius 3 is 1.00 bits per heavy atom. The zero-order chi connectivity index (χ0) is 5.41.